The summed E-state index contributed by atoms with van der Waals surface area (Å²) in [6.45, 7) is 4.38. The molecule has 6 heteroatoms. The Morgan fingerprint density at radius 1 is 1.03 bits per heavy atom. The van der Waals surface area contributed by atoms with Crippen molar-refractivity contribution in [3.05, 3.63) is 77.9 Å². The number of carbonyl (C=O) groups excluding carboxylic acids is 3. The summed E-state index contributed by atoms with van der Waals surface area (Å²) in [5.74, 6) is 5.71. The van der Waals surface area contributed by atoms with Crippen molar-refractivity contribution in [1.29, 1.82) is 0 Å². The number of para-hydroxylation sites is 1. The first-order chi connectivity index (χ1) is 15.1. The molecule has 0 radical (unpaired) electrons. The van der Waals surface area contributed by atoms with E-state index in [1.54, 1.807) is 24.3 Å². The number of ether oxygens (including phenoxy) is 1. The van der Waals surface area contributed by atoms with Crippen molar-refractivity contribution in [2.24, 2.45) is 0 Å². The summed E-state index contributed by atoms with van der Waals surface area (Å²) >= 11 is 0. The smallest absolute Gasteiger partial charge is 0.261 e. The molecule has 0 atom stereocenters. The van der Waals surface area contributed by atoms with Crippen LogP contribution in [-0.2, 0) is 11.2 Å². The lowest BCUT2D eigenvalue weighted by Gasteiger charge is -2.13. The molecule has 2 aromatic rings. The predicted octanol–water partition coefficient (Wildman–Crippen LogP) is 2.99. The molecular weight excluding hydrogens is 392 g/mol. The third-order valence-corrected chi connectivity index (χ3v) is 4.80. The van der Waals surface area contributed by atoms with Crippen LogP contribution in [0.3, 0.4) is 0 Å². The van der Waals surface area contributed by atoms with Gasteiger partial charge < -0.3 is 10.1 Å². The van der Waals surface area contributed by atoms with Crippen molar-refractivity contribution in [2.45, 2.75) is 19.3 Å². The molecule has 1 aliphatic rings. The quantitative estimate of drug-likeness (QED) is 0.387. The van der Waals surface area contributed by atoms with E-state index in [2.05, 4.69) is 23.7 Å². The standard InChI is InChI=1S/C25H24N2O4/c1-2-10-19-11-3-6-14-22(19)31-18-8-7-16-26-23(28)15-9-17-27-24(29)20-12-4-5-13-21(20)25(27)30/h2-6,11-14H,1,9-10,15-18H2,(H,26,28). The lowest BCUT2D eigenvalue weighted by atomic mass is 10.1. The van der Waals surface area contributed by atoms with Gasteiger partial charge in [-0.3, -0.25) is 19.3 Å². The highest BCUT2D eigenvalue weighted by Gasteiger charge is 2.34. The van der Waals surface area contributed by atoms with Crippen LogP contribution in [0.15, 0.2) is 61.2 Å². The van der Waals surface area contributed by atoms with Gasteiger partial charge in [0.05, 0.1) is 17.7 Å². The Labute approximate surface area is 181 Å². The highest BCUT2D eigenvalue weighted by molar-refractivity contribution is 6.21. The molecule has 1 aliphatic heterocycles. The Morgan fingerprint density at radius 2 is 1.71 bits per heavy atom. The van der Waals surface area contributed by atoms with E-state index in [1.165, 1.54) is 4.90 Å². The van der Waals surface area contributed by atoms with Gasteiger partial charge in [0, 0.05) is 13.0 Å². The topological polar surface area (TPSA) is 75.7 Å². The summed E-state index contributed by atoms with van der Waals surface area (Å²) in [7, 11) is 0. The van der Waals surface area contributed by atoms with Gasteiger partial charge in [0.1, 0.15) is 12.4 Å². The van der Waals surface area contributed by atoms with Crippen LogP contribution in [-0.4, -0.2) is 42.3 Å². The summed E-state index contributed by atoms with van der Waals surface area (Å²) in [4.78, 5) is 37.7. The summed E-state index contributed by atoms with van der Waals surface area (Å²) in [5, 5.41) is 2.71. The van der Waals surface area contributed by atoms with Crippen molar-refractivity contribution < 1.29 is 19.1 Å². The highest BCUT2D eigenvalue weighted by atomic mass is 16.5. The van der Waals surface area contributed by atoms with Crippen molar-refractivity contribution >= 4 is 17.7 Å². The Bertz CT molecular complexity index is 1010. The number of nitrogens with one attached hydrogen (secondary N) is 1. The van der Waals surface area contributed by atoms with Crippen LogP contribution in [0.4, 0.5) is 0 Å². The minimum Gasteiger partial charge on any atom is -0.481 e. The van der Waals surface area contributed by atoms with Gasteiger partial charge in [-0.2, -0.15) is 0 Å². The van der Waals surface area contributed by atoms with Crippen molar-refractivity contribution in [3.63, 3.8) is 0 Å². The van der Waals surface area contributed by atoms with Gasteiger partial charge in [-0.05, 0) is 36.6 Å². The molecule has 158 valence electrons. The van der Waals surface area contributed by atoms with Crippen molar-refractivity contribution in [2.75, 3.05) is 19.7 Å². The van der Waals surface area contributed by atoms with Crippen LogP contribution in [0.1, 0.15) is 39.1 Å². The van der Waals surface area contributed by atoms with Crippen LogP contribution in [0, 0.1) is 11.8 Å². The van der Waals surface area contributed by atoms with Gasteiger partial charge in [-0.15, -0.1) is 6.58 Å². The SMILES string of the molecule is C=CCc1ccccc1OCC#CCNC(=O)CCCN1C(=O)c2ccccc2C1=O. The number of benzene rings is 2. The number of fused-ring (bicyclic) bond motifs is 1. The third-order valence-electron chi connectivity index (χ3n) is 4.80. The molecule has 2 aromatic carbocycles. The minimum atomic E-state index is -0.304. The number of imide groups is 1. The molecule has 0 aliphatic carbocycles. The average molecular weight is 416 g/mol. The molecule has 0 spiro atoms. The van der Waals surface area contributed by atoms with Gasteiger partial charge in [0.2, 0.25) is 5.91 Å². The third kappa shape index (κ3) is 5.61. The predicted molar refractivity (Wildman–Crippen MR) is 118 cm³/mol. The Hall–Kier alpha value is -3.85. The van der Waals surface area contributed by atoms with E-state index in [9.17, 15) is 14.4 Å². The van der Waals surface area contributed by atoms with Crippen LogP contribution in [0.2, 0.25) is 0 Å². The first kappa shape index (κ1) is 21.8. The van der Waals surface area contributed by atoms with Gasteiger partial charge in [-0.25, -0.2) is 0 Å². The Balaban J connectivity index is 1.34. The van der Waals surface area contributed by atoms with Gasteiger partial charge >= 0.3 is 0 Å². The summed E-state index contributed by atoms with van der Waals surface area (Å²) in [5.41, 5.74) is 1.88. The zero-order valence-electron chi connectivity index (χ0n) is 17.2. The molecule has 0 fully saturated rings. The first-order valence-electron chi connectivity index (χ1n) is 10.1. The number of amides is 3. The molecule has 31 heavy (non-hydrogen) atoms. The average Bonchev–Trinajstić information content (AvgIpc) is 3.02. The number of allylic oxidation sites excluding steroid dienone is 1. The largest absolute Gasteiger partial charge is 0.481 e. The first-order valence-corrected chi connectivity index (χ1v) is 10.1. The number of nitrogens with zero attached hydrogens (tertiary/aromatic N) is 1. The normalized spacial score (nSPS) is 12.1. The van der Waals surface area contributed by atoms with Crippen molar-refractivity contribution in [3.8, 4) is 17.6 Å². The molecule has 3 rings (SSSR count). The number of hydrogen-bond acceptors (Lipinski definition) is 4. The van der Waals surface area contributed by atoms with Crippen LogP contribution >= 0.6 is 0 Å². The molecule has 0 unspecified atom stereocenters. The van der Waals surface area contributed by atoms with E-state index >= 15 is 0 Å². The van der Waals surface area contributed by atoms with E-state index < -0.39 is 0 Å². The lowest BCUT2D eigenvalue weighted by Crippen LogP contribution is -2.32. The zero-order chi connectivity index (χ0) is 22.1. The van der Waals surface area contributed by atoms with E-state index in [1.807, 2.05) is 30.3 Å². The molecule has 0 bridgehead atoms. The molecule has 0 aromatic heterocycles. The fraction of sp³-hybridized carbons (Fsp3) is 0.240. The second-order valence-corrected chi connectivity index (χ2v) is 6.93. The van der Waals surface area contributed by atoms with Gasteiger partial charge in [0.25, 0.3) is 11.8 Å². The summed E-state index contributed by atoms with van der Waals surface area (Å²) in [6, 6.07) is 14.5. The maximum absolute atomic E-state index is 12.3. The van der Waals surface area contributed by atoms with E-state index in [-0.39, 0.29) is 43.8 Å². The molecule has 3 amide bonds. The van der Waals surface area contributed by atoms with Crippen LogP contribution in [0.5, 0.6) is 5.75 Å². The summed E-state index contributed by atoms with van der Waals surface area (Å²) < 4.78 is 5.66. The van der Waals surface area contributed by atoms with Gasteiger partial charge in [-0.1, -0.05) is 48.2 Å². The Morgan fingerprint density at radius 3 is 2.42 bits per heavy atom. The fourth-order valence-corrected chi connectivity index (χ4v) is 3.27. The number of rotatable bonds is 9. The maximum Gasteiger partial charge on any atom is 0.261 e. The molecule has 6 nitrogen and oxygen atoms in total. The Kier molecular flexibility index (Phi) is 7.61. The van der Waals surface area contributed by atoms with E-state index in [0.717, 1.165) is 17.7 Å². The fourth-order valence-electron chi connectivity index (χ4n) is 3.27. The summed E-state index contributed by atoms with van der Waals surface area (Å²) in [6.07, 6.45) is 3.15. The second kappa shape index (κ2) is 10.8. The monoisotopic (exact) mass is 416 g/mol. The zero-order valence-corrected chi connectivity index (χ0v) is 17.2. The molecule has 1 N–H and O–H groups in total. The van der Waals surface area contributed by atoms with Gasteiger partial charge in [0.15, 0.2) is 0 Å². The molecule has 0 saturated carbocycles. The highest BCUT2D eigenvalue weighted by Crippen LogP contribution is 2.22. The minimum absolute atomic E-state index is 0.178. The van der Waals surface area contributed by atoms with Crippen molar-refractivity contribution in [1.82, 2.24) is 10.2 Å². The number of hydrogen-bond donors (Lipinski definition) is 1. The van der Waals surface area contributed by atoms with Crippen LogP contribution < -0.4 is 10.1 Å². The molecule has 0 saturated heterocycles. The van der Waals surface area contributed by atoms with E-state index in [0.29, 0.717) is 17.5 Å². The molecular formula is C25H24N2O4. The lowest BCUT2D eigenvalue weighted by molar-refractivity contribution is -0.121. The van der Waals surface area contributed by atoms with Crippen LogP contribution in [0.25, 0.3) is 0 Å². The van der Waals surface area contributed by atoms with E-state index in [4.69, 9.17) is 4.74 Å². The number of carbonyl (C=O) groups is 3. The second-order valence-electron chi connectivity index (χ2n) is 6.93. The maximum atomic E-state index is 12.3. The molecule has 1 heterocycles.